The number of hydrogen-bond acceptors (Lipinski definition) is 5. The van der Waals surface area contributed by atoms with Crippen LogP contribution >= 0.6 is 11.3 Å². The average molecular weight is 305 g/mol. The summed E-state index contributed by atoms with van der Waals surface area (Å²) in [5.74, 6) is 0. The first kappa shape index (κ1) is 15.2. The number of likely N-dealkylation sites (N-methyl/N-ethyl adjacent to an activating group) is 1. The molecule has 0 aliphatic rings. The second-order valence-corrected chi connectivity index (χ2v) is 5.94. The number of aryl methyl sites for hydroxylation is 1. The Kier molecular flexibility index (Phi) is 5.10. The number of aromatic nitrogens is 2. The van der Waals surface area contributed by atoms with Gasteiger partial charge in [-0.2, -0.15) is 0 Å². The van der Waals surface area contributed by atoms with E-state index in [2.05, 4.69) is 32.7 Å². The van der Waals surface area contributed by atoms with Gasteiger partial charge in [0.25, 0.3) is 0 Å². The van der Waals surface area contributed by atoms with Gasteiger partial charge in [0.2, 0.25) is 5.13 Å². The third-order valence-electron chi connectivity index (χ3n) is 3.13. The van der Waals surface area contributed by atoms with E-state index < -0.39 is 0 Å². The number of amides is 2. The number of para-hydroxylation sites is 1. The molecule has 0 aliphatic heterocycles. The summed E-state index contributed by atoms with van der Waals surface area (Å²) in [6.45, 7) is 4.44. The Morgan fingerprint density at radius 3 is 2.67 bits per heavy atom. The first-order chi connectivity index (χ1) is 10.1. The Bertz CT molecular complexity index is 586. The minimum absolute atomic E-state index is 0.175. The van der Waals surface area contributed by atoms with Gasteiger partial charge in [0.05, 0.1) is 0 Å². The topological polar surface area (TPSA) is 70.1 Å². The zero-order valence-corrected chi connectivity index (χ0v) is 13.1. The fourth-order valence-electron chi connectivity index (χ4n) is 1.78. The van der Waals surface area contributed by atoms with Crippen molar-refractivity contribution in [2.75, 3.05) is 23.8 Å². The normalized spacial score (nSPS) is 11.8. The van der Waals surface area contributed by atoms with Crippen LogP contribution in [-0.2, 0) is 0 Å². The summed E-state index contributed by atoms with van der Waals surface area (Å²) in [7, 11) is 2.01. The molecule has 0 spiro atoms. The molecule has 1 atom stereocenters. The third kappa shape index (κ3) is 4.42. The summed E-state index contributed by atoms with van der Waals surface area (Å²) in [6, 6.07) is 9.97. The van der Waals surface area contributed by atoms with Crippen molar-refractivity contribution < 1.29 is 4.79 Å². The summed E-state index contributed by atoms with van der Waals surface area (Å²) in [4.78, 5) is 13.9. The van der Waals surface area contributed by atoms with Gasteiger partial charge in [-0.1, -0.05) is 29.5 Å². The summed E-state index contributed by atoms with van der Waals surface area (Å²) in [5.41, 5.74) is 1.12. The number of benzene rings is 1. The number of nitrogens with zero attached hydrogens (tertiary/aromatic N) is 3. The van der Waals surface area contributed by atoms with Crippen molar-refractivity contribution in [3.63, 3.8) is 0 Å². The lowest BCUT2D eigenvalue weighted by Crippen LogP contribution is -2.41. The van der Waals surface area contributed by atoms with Crippen molar-refractivity contribution in [3.05, 3.63) is 35.3 Å². The molecule has 1 unspecified atom stereocenters. The Morgan fingerprint density at radius 1 is 1.33 bits per heavy atom. The molecule has 0 fully saturated rings. The van der Waals surface area contributed by atoms with E-state index in [0.717, 1.165) is 10.7 Å². The van der Waals surface area contributed by atoms with Crippen molar-refractivity contribution in [3.8, 4) is 0 Å². The maximum absolute atomic E-state index is 11.8. The molecule has 0 saturated heterocycles. The molecule has 21 heavy (non-hydrogen) atoms. The van der Waals surface area contributed by atoms with Crippen LogP contribution in [0.5, 0.6) is 0 Å². The molecule has 2 N–H and O–H groups in total. The molecule has 0 bridgehead atoms. The van der Waals surface area contributed by atoms with Gasteiger partial charge in [0, 0.05) is 25.3 Å². The molecule has 1 aromatic carbocycles. The number of nitrogens with one attached hydrogen (secondary N) is 2. The summed E-state index contributed by atoms with van der Waals surface area (Å²) in [6.07, 6.45) is 0. The van der Waals surface area contributed by atoms with E-state index in [0.29, 0.717) is 11.7 Å². The molecule has 1 aromatic heterocycles. The van der Waals surface area contributed by atoms with Gasteiger partial charge in [-0.3, -0.25) is 5.32 Å². The van der Waals surface area contributed by atoms with Crippen molar-refractivity contribution in [2.24, 2.45) is 0 Å². The molecule has 112 valence electrons. The molecule has 2 aromatic rings. The predicted molar refractivity (Wildman–Crippen MR) is 86.0 cm³/mol. The lowest BCUT2D eigenvalue weighted by Gasteiger charge is -2.27. The van der Waals surface area contributed by atoms with Gasteiger partial charge in [-0.05, 0) is 26.0 Å². The molecule has 0 saturated carbocycles. The molecule has 0 radical (unpaired) electrons. The quantitative estimate of drug-likeness (QED) is 0.890. The van der Waals surface area contributed by atoms with Gasteiger partial charge in [0.15, 0.2) is 0 Å². The highest BCUT2D eigenvalue weighted by Gasteiger charge is 2.12. The Morgan fingerprint density at radius 2 is 2.05 bits per heavy atom. The second-order valence-electron chi connectivity index (χ2n) is 4.76. The van der Waals surface area contributed by atoms with Crippen LogP contribution in [0.4, 0.5) is 15.6 Å². The summed E-state index contributed by atoms with van der Waals surface area (Å²) < 4.78 is 0. The summed E-state index contributed by atoms with van der Waals surface area (Å²) >= 11 is 1.35. The van der Waals surface area contributed by atoms with Gasteiger partial charge < -0.3 is 10.2 Å². The molecule has 2 amide bonds. The Hall–Kier alpha value is -2.15. The fraction of sp³-hybridized carbons (Fsp3) is 0.357. The van der Waals surface area contributed by atoms with Crippen LogP contribution in [-0.4, -0.2) is 35.9 Å². The lowest BCUT2D eigenvalue weighted by molar-refractivity contribution is 0.251. The van der Waals surface area contributed by atoms with E-state index in [1.54, 1.807) is 0 Å². The molecule has 6 nitrogen and oxygen atoms in total. The van der Waals surface area contributed by atoms with Crippen molar-refractivity contribution in [1.82, 2.24) is 15.5 Å². The average Bonchev–Trinajstić information content (AvgIpc) is 2.90. The second kappa shape index (κ2) is 7.03. The highest BCUT2D eigenvalue weighted by Crippen LogP contribution is 2.14. The maximum Gasteiger partial charge on any atom is 0.321 e. The van der Waals surface area contributed by atoms with Crippen LogP contribution < -0.4 is 15.5 Å². The van der Waals surface area contributed by atoms with Gasteiger partial charge in [-0.25, -0.2) is 4.79 Å². The van der Waals surface area contributed by atoms with E-state index in [1.165, 1.54) is 11.3 Å². The lowest BCUT2D eigenvalue weighted by atomic mass is 10.2. The van der Waals surface area contributed by atoms with E-state index in [1.807, 2.05) is 44.3 Å². The van der Waals surface area contributed by atoms with Crippen molar-refractivity contribution in [2.45, 2.75) is 19.9 Å². The zero-order chi connectivity index (χ0) is 15.2. The Balaban J connectivity index is 1.80. The van der Waals surface area contributed by atoms with Crippen LogP contribution in [0.1, 0.15) is 11.9 Å². The molecular formula is C14H19N5OS. The van der Waals surface area contributed by atoms with E-state index in [-0.39, 0.29) is 12.1 Å². The zero-order valence-electron chi connectivity index (χ0n) is 12.3. The first-order valence-corrected chi connectivity index (χ1v) is 7.50. The van der Waals surface area contributed by atoms with Gasteiger partial charge in [0.1, 0.15) is 5.01 Å². The first-order valence-electron chi connectivity index (χ1n) is 6.69. The van der Waals surface area contributed by atoms with Crippen molar-refractivity contribution >= 4 is 28.2 Å². The molecule has 1 heterocycles. The number of hydrogen-bond donors (Lipinski definition) is 2. The third-order valence-corrected chi connectivity index (χ3v) is 3.88. The van der Waals surface area contributed by atoms with Crippen LogP contribution in [0.15, 0.2) is 30.3 Å². The number of rotatable bonds is 5. The smallest absolute Gasteiger partial charge is 0.321 e. The van der Waals surface area contributed by atoms with Crippen LogP contribution in [0.2, 0.25) is 0 Å². The number of carbonyl (C=O) groups excluding carboxylic acids is 1. The van der Waals surface area contributed by atoms with E-state index in [4.69, 9.17) is 0 Å². The maximum atomic E-state index is 11.8. The Labute approximate surface area is 128 Å². The number of urea groups is 1. The van der Waals surface area contributed by atoms with Gasteiger partial charge in [-0.15, -0.1) is 10.2 Å². The van der Waals surface area contributed by atoms with Crippen LogP contribution in [0.3, 0.4) is 0 Å². The molecule has 2 rings (SSSR count). The van der Waals surface area contributed by atoms with Crippen molar-refractivity contribution in [1.29, 1.82) is 0 Å². The number of anilines is 2. The molecular weight excluding hydrogens is 286 g/mol. The van der Waals surface area contributed by atoms with E-state index >= 15 is 0 Å². The largest absolute Gasteiger partial charge is 0.370 e. The summed E-state index contributed by atoms with van der Waals surface area (Å²) in [5, 5.41) is 14.5. The highest BCUT2D eigenvalue weighted by molar-refractivity contribution is 7.15. The van der Waals surface area contributed by atoms with E-state index in [9.17, 15) is 4.79 Å². The SMILES string of the molecule is Cc1nnc(NC(=O)NCC(C)N(C)c2ccccc2)s1. The van der Waals surface area contributed by atoms with Crippen LogP contribution in [0, 0.1) is 6.92 Å². The highest BCUT2D eigenvalue weighted by atomic mass is 32.1. The molecule has 0 aliphatic carbocycles. The number of carbonyl (C=O) groups is 1. The standard InChI is InChI=1S/C14H19N5OS/c1-10(19(3)12-7-5-4-6-8-12)9-15-13(20)16-14-18-17-11(2)21-14/h4-8,10H,9H2,1-3H3,(H2,15,16,18,20). The van der Waals surface area contributed by atoms with Crippen LogP contribution in [0.25, 0.3) is 0 Å². The predicted octanol–water partition coefficient (Wildman–Crippen LogP) is 2.49. The minimum Gasteiger partial charge on any atom is -0.370 e. The van der Waals surface area contributed by atoms with Gasteiger partial charge >= 0.3 is 6.03 Å². The fourth-order valence-corrected chi connectivity index (χ4v) is 2.37. The minimum atomic E-state index is -0.264. The molecule has 7 heteroatoms. The monoisotopic (exact) mass is 305 g/mol.